The van der Waals surface area contributed by atoms with Gasteiger partial charge in [0.05, 0.1) is 18.8 Å². The fraction of sp³-hybridized carbons (Fsp3) is 0.389. The monoisotopic (exact) mass is 359 g/mol. The zero-order valence-corrected chi connectivity index (χ0v) is 15.1. The van der Waals surface area contributed by atoms with Gasteiger partial charge in [0, 0.05) is 23.4 Å². The summed E-state index contributed by atoms with van der Waals surface area (Å²) < 4.78 is 10.3. The number of anilines is 1. The summed E-state index contributed by atoms with van der Waals surface area (Å²) in [6, 6.07) is 0.109. The molecule has 132 valence electrons. The number of aromatic nitrogens is 1. The van der Waals surface area contributed by atoms with Crippen molar-refractivity contribution in [1.82, 2.24) is 4.98 Å². The van der Waals surface area contributed by atoms with Crippen LogP contribution in [0.5, 0.6) is 0 Å². The number of ether oxygens (including phenoxy) is 2. The molecule has 7 heteroatoms. The van der Waals surface area contributed by atoms with Crippen molar-refractivity contribution in [1.29, 1.82) is 0 Å². The summed E-state index contributed by atoms with van der Waals surface area (Å²) in [5.74, 6) is 1.45. The summed E-state index contributed by atoms with van der Waals surface area (Å²) in [4.78, 5) is 19.4. The number of allylic oxidation sites excluding steroid dienone is 3. The molecule has 0 fully saturated rings. The van der Waals surface area contributed by atoms with Crippen LogP contribution in [0.1, 0.15) is 31.4 Å². The molecule has 0 radical (unpaired) electrons. The third kappa shape index (κ3) is 4.17. The Hall–Kier alpha value is -2.41. The number of carbonyl (C=O) groups is 1. The van der Waals surface area contributed by atoms with E-state index in [2.05, 4.69) is 29.4 Å². The molecule has 0 saturated heterocycles. The number of methoxy groups -OCH3 is 1. The van der Waals surface area contributed by atoms with E-state index in [1.807, 2.05) is 17.5 Å². The van der Waals surface area contributed by atoms with Crippen LogP contribution >= 0.6 is 11.3 Å². The second kappa shape index (κ2) is 8.11. The number of nitrogens with one attached hydrogen (secondary N) is 1. The van der Waals surface area contributed by atoms with Crippen LogP contribution in [0.4, 0.5) is 5.13 Å². The highest BCUT2D eigenvalue weighted by Crippen LogP contribution is 2.28. The van der Waals surface area contributed by atoms with Gasteiger partial charge >= 0.3 is 0 Å². The average molecular weight is 359 g/mol. The van der Waals surface area contributed by atoms with Gasteiger partial charge in [0.1, 0.15) is 5.76 Å². The van der Waals surface area contributed by atoms with Crippen LogP contribution in [-0.2, 0) is 14.3 Å². The van der Waals surface area contributed by atoms with Crippen molar-refractivity contribution in [2.75, 3.05) is 19.0 Å². The molecule has 0 saturated carbocycles. The molecule has 2 heterocycles. The van der Waals surface area contributed by atoms with Crippen LogP contribution in [-0.4, -0.2) is 37.1 Å². The van der Waals surface area contributed by atoms with Gasteiger partial charge in [0.25, 0.3) is 6.47 Å². The van der Waals surface area contributed by atoms with Crippen molar-refractivity contribution in [3.8, 4) is 0 Å². The number of aliphatic imine (C=N–C) groups is 1. The average Bonchev–Trinajstić information content (AvgIpc) is 3.26. The molecule has 25 heavy (non-hydrogen) atoms. The lowest BCUT2D eigenvalue weighted by atomic mass is 10.0. The van der Waals surface area contributed by atoms with E-state index in [1.165, 1.54) is 0 Å². The van der Waals surface area contributed by atoms with Crippen LogP contribution in [0.3, 0.4) is 0 Å². The van der Waals surface area contributed by atoms with E-state index in [4.69, 9.17) is 14.5 Å². The Bertz CT molecular complexity index is 749. The Kier molecular flexibility index (Phi) is 5.65. The summed E-state index contributed by atoms with van der Waals surface area (Å²) in [6.07, 6.45) is 9.81. The first-order valence-electron chi connectivity index (χ1n) is 8.19. The maximum atomic E-state index is 10.5. The Morgan fingerprint density at radius 2 is 2.36 bits per heavy atom. The lowest BCUT2D eigenvalue weighted by Gasteiger charge is -2.21. The Labute approximate surface area is 151 Å². The van der Waals surface area contributed by atoms with Gasteiger partial charge in [-0.25, -0.2) is 4.98 Å². The van der Waals surface area contributed by atoms with Crippen LogP contribution in [0.2, 0.25) is 0 Å². The highest BCUT2D eigenvalue weighted by atomic mass is 32.1. The van der Waals surface area contributed by atoms with Crippen LogP contribution in [0.25, 0.3) is 0 Å². The minimum absolute atomic E-state index is 0.109. The molecular formula is C18H21N3O3S. The zero-order chi connectivity index (χ0) is 17.6. The lowest BCUT2D eigenvalue weighted by Crippen LogP contribution is -2.23. The van der Waals surface area contributed by atoms with E-state index < -0.39 is 0 Å². The van der Waals surface area contributed by atoms with E-state index in [-0.39, 0.29) is 12.0 Å². The first-order valence-corrected chi connectivity index (χ1v) is 9.07. The molecule has 2 aliphatic rings. The van der Waals surface area contributed by atoms with Crippen molar-refractivity contribution >= 4 is 28.8 Å². The Balaban J connectivity index is 1.67. The first-order chi connectivity index (χ1) is 12.2. The van der Waals surface area contributed by atoms with Crippen molar-refractivity contribution in [3.05, 3.63) is 46.7 Å². The predicted molar refractivity (Wildman–Crippen MR) is 98.9 cm³/mol. The van der Waals surface area contributed by atoms with E-state index >= 15 is 0 Å². The number of nitrogens with zero attached hydrogens (tertiary/aromatic N) is 2. The van der Waals surface area contributed by atoms with Gasteiger partial charge in [0.2, 0.25) is 5.90 Å². The van der Waals surface area contributed by atoms with Crippen molar-refractivity contribution < 1.29 is 14.3 Å². The minimum Gasteiger partial charge on any atom is -0.499 e. The number of rotatable bonds is 6. The van der Waals surface area contributed by atoms with Crippen LogP contribution in [0, 0.1) is 0 Å². The van der Waals surface area contributed by atoms with Crippen molar-refractivity contribution in [2.45, 2.75) is 31.7 Å². The fourth-order valence-electron chi connectivity index (χ4n) is 2.85. The van der Waals surface area contributed by atoms with E-state index in [0.29, 0.717) is 18.9 Å². The van der Waals surface area contributed by atoms with E-state index in [9.17, 15) is 4.79 Å². The summed E-state index contributed by atoms with van der Waals surface area (Å²) in [6.45, 7) is 3.16. The van der Waals surface area contributed by atoms with Crippen LogP contribution < -0.4 is 5.32 Å². The normalized spacial score (nSPS) is 22.3. The highest BCUT2D eigenvalue weighted by Gasteiger charge is 2.20. The van der Waals surface area contributed by atoms with Gasteiger partial charge in [-0.2, -0.15) is 0 Å². The third-order valence-corrected chi connectivity index (χ3v) is 4.95. The molecule has 1 aromatic rings. The summed E-state index contributed by atoms with van der Waals surface area (Å²) in [5, 5.41) is 6.34. The lowest BCUT2D eigenvalue weighted by molar-refractivity contribution is -0.121. The van der Waals surface area contributed by atoms with Gasteiger partial charge < -0.3 is 14.8 Å². The molecule has 1 aliphatic carbocycles. The molecule has 2 atom stereocenters. The largest absolute Gasteiger partial charge is 0.499 e. The van der Waals surface area contributed by atoms with Gasteiger partial charge in [-0.1, -0.05) is 25.2 Å². The topological polar surface area (TPSA) is 72.8 Å². The maximum Gasteiger partial charge on any atom is 0.299 e. The fourth-order valence-corrected chi connectivity index (χ4v) is 3.72. The first kappa shape index (κ1) is 17.4. The third-order valence-electron chi connectivity index (χ3n) is 4.16. The van der Waals surface area contributed by atoms with E-state index in [0.717, 1.165) is 35.0 Å². The predicted octanol–water partition coefficient (Wildman–Crippen LogP) is 3.42. The maximum absolute atomic E-state index is 10.5. The molecule has 0 spiro atoms. The molecule has 6 nitrogen and oxygen atoms in total. The summed E-state index contributed by atoms with van der Waals surface area (Å²) in [7, 11) is 1.68. The van der Waals surface area contributed by atoms with Crippen LogP contribution in [0.15, 0.2) is 46.0 Å². The molecule has 0 amide bonds. The zero-order valence-electron chi connectivity index (χ0n) is 14.3. The second-order valence-corrected chi connectivity index (χ2v) is 6.70. The molecule has 1 aliphatic heterocycles. The molecular weight excluding hydrogens is 338 g/mol. The smallest absolute Gasteiger partial charge is 0.299 e. The van der Waals surface area contributed by atoms with Gasteiger partial charge in [0.15, 0.2) is 5.13 Å². The number of hydrogen-bond donors (Lipinski definition) is 1. The number of carbonyl (C=O) groups excluding carboxylic acids is 1. The molecule has 2 unspecified atom stereocenters. The van der Waals surface area contributed by atoms with Gasteiger partial charge in [-0.05, 0) is 18.9 Å². The quantitative estimate of drug-likeness (QED) is 0.788. The van der Waals surface area contributed by atoms with Gasteiger partial charge in [-0.3, -0.25) is 9.79 Å². The Morgan fingerprint density at radius 1 is 1.48 bits per heavy atom. The number of thiazole rings is 1. The molecule has 0 aromatic carbocycles. The van der Waals surface area contributed by atoms with Crippen molar-refractivity contribution in [2.24, 2.45) is 4.99 Å². The summed E-state index contributed by atoms with van der Waals surface area (Å²) >= 11 is 1.58. The van der Waals surface area contributed by atoms with Gasteiger partial charge in [-0.15, -0.1) is 11.3 Å². The molecule has 1 aromatic heterocycles. The van der Waals surface area contributed by atoms with E-state index in [1.54, 1.807) is 18.4 Å². The van der Waals surface area contributed by atoms with Crippen molar-refractivity contribution in [3.63, 3.8) is 0 Å². The Morgan fingerprint density at radius 3 is 3.16 bits per heavy atom. The summed E-state index contributed by atoms with van der Waals surface area (Å²) in [5.41, 5.74) is 1.94. The minimum atomic E-state index is 0.109. The standard InChI is InChI=1S/C18H21N3O3S/c1-12(9-13-7-8-19-17(13)24-11-22)15-10-25-18(21-15)20-14-5-3-4-6-16(14)23-2/h3-4,6,9-12,14H,5,7-8H2,1-2H3,(H,20,21)/b13-9-. The molecule has 0 bridgehead atoms. The molecule has 3 rings (SSSR count). The molecule has 1 N–H and O–H groups in total. The number of hydrogen-bond acceptors (Lipinski definition) is 7. The SMILES string of the molecule is COC1=CC=CCC1Nc1nc(C(C)/C=C2/CCN=C2OC=O)cs1. The highest BCUT2D eigenvalue weighted by molar-refractivity contribution is 7.13. The second-order valence-electron chi connectivity index (χ2n) is 5.84.